The summed E-state index contributed by atoms with van der Waals surface area (Å²) in [7, 11) is 0. The minimum absolute atomic E-state index is 0.556. The van der Waals surface area contributed by atoms with Gasteiger partial charge in [-0.1, -0.05) is 52.3 Å². The van der Waals surface area contributed by atoms with Gasteiger partial charge in [0.15, 0.2) is 5.17 Å². The molecule has 1 atom stereocenters. The monoisotopic (exact) mass is 282 g/mol. The molecule has 2 nitrogen and oxygen atoms in total. The van der Waals surface area contributed by atoms with Crippen molar-refractivity contribution in [2.75, 3.05) is 6.54 Å². The first kappa shape index (κ1) is 15.2. The van der Waals surface area contributed by atoms with Crippen LogP contribution >= 0.6 is 11.8 Å². The Hall–Kier alpha value is -0.180. The van der Waals surface area contributed by atoms with E-state index in [9.17, 15) is 0 Å². The molecule has 0 radical (unpaired) electrons. The van der Waals surface area contributed by atoms with Crippen molar-refractivity contribution in [1.29, 1.82) is 0 Å². The molecule has 1 unspecified atom stereocenters. The normalized spacial score (nSPS) is 27.6. The number of rotatable bonds is 4. The Kier molecular flexibility index (Phi) is 5.22. The van der Waals surface area contributed by atoms with E-state index >= 15 is 0 Å². The third kappa shape index (κ3) is 4.14. The molecule has 1 aliphatic carbocycles. The van der Waals surface area contributed by atoms with E-state index in [1.54, 1.807) is 0 Å². The summed E-state index contributed by atoms with van der Waals surface area (Å²) in [4.78, 5) is 4.73. The van der Waals surface area contributed by atoms with Crippen molar-refractivity contribution in [3.05, 3.63) is 0 Å². The molecule has 2 aliphatic rings. The Balaban J connectivity index is 1.76. The average Bonchev–Trinajstić information content (AvgIpc) is 2.82. The van der Waals surface area contributed by atoms with Gasteiger partial charge in [-0.25, -0.2) is 0 Å². The molecule has 0 aromatic carbocycles. The van der Waals surface area contributed by atoms with Crippen molar-refractivity contribution in [3.8, 4) is 0 Å². The number of thioether (sulfide) groups is 1. The van der Waals surface area contributed by atoms with Crippen molar-refractivity contribution in [2.45, 2.75) is 77.5 Å². The van der Waals surface area contributed by atoms with Crippen LogP contribution in [0.3, 0.4) is 0 Å². The van der Waals surface area contributed by atoms with Crippen molar-refractivity contribution in [2.24, 2.45) is 16.3 Å². The third-order valence-corrected chi connectivity index (χ3v) is 6.23. The standard InChI is InChI=1S/C16H30N2S/c1-5-12(6-2)14-11-17-15(19-14)18-13-7-9-16(3,4)10-8-13/h12-14H,5-11H2,1-4H3,(H,17,18). The highest BCUT2D eigenvalue weighted by molar-refractivity contribution is 8.14. The summed E-state index contributed by atoms with van der Waals surface area (Å²) in [6, 6.07) is 0.666. The van der Waals surface area contributed by atoms with Gasteiger partial charge in [-0.15, -0.1) is 0 Å². The average molecular weight is 282 g/mol. The van der Waals surface area contributed by atoms with E-state index in [-0.39, 0.29) is 0 Å². The second-order valence-electron chi connectivity index (χ2n) is 6.96. The van der Waals surface area contributed by atoms with Gasteiger partial charge in [-0.3, -0.25) is 4.99 Å². The molecule has 110 valence electrons. The van der Waals surface area contributed by atoms with Gasteiger partial charge in [-0.2, -0.15) is 0 Å². The van der Waals surface area contributed by atoms with E-state index in [2.05, 4.69) is 33.0 Å². The maximum absolute atomic E-state index is 4.73. The zero-order chi connectivity index (χ0) is 13.9. The van der Waals surface area contributed by atoms with Gasteiger partial charge in [0.05, 0.1) is 6.54 Å². The van der Waals surface area contributed by atoms with Crippen LogP contribution in [0, 0.1) is 11.3 Å². The van der Waals surface area contributed by atoms with Crippen LogP contribution in [0.1, 0.15) is 66.2 Å². The van der Waals surface area contributed by atoms with Crippen LogP contribution in [-0.4, -0.2) is 23.0 Å². The summed E-state index contributed by atoms with van der Waals surface area (Å²) in [5.74, 6) is 0.832. The molecule has 1 heterocycles. The minimum Gasteiger partial charge on any atom is -0.362 e. The molecule has 0 aromatic heterocycles. The van der Waals surface area contributed by atoms with Crippen molar-refractivity contribution < 1.29 is 0 Å². The lowest BCUT2D eigenvalue weighted by molar-refractivity contribution is 0.217. The van der Waals surface area contributed by atoms with Crippen LogP contribution < -0.4 is 5.32 Å². The summed E-state index contributed by atoms with van der Waals surface area (Å²) < 4.78 is 0. The topological polar surface area (TPSA) is 24.4 Å². The smallest absolute Gasteiger partial charge is 0.157 e. The molecule has 1 N–H and O–H groups in total. The second kappa shape index (κ2) is 6.51. The fourth-order valence-electron chi connectivity index (χ4n) is 3.25. The Morgan fingerprint density at radius 1 is 1.26 bits per heavy atom. The minimum atomic E-state index is 0.556. The molecule has 3 heteroatoms. The van der Waals surface area contributed by atoms with E-state index in [4.69, 9.17) is 4.99 Å². The molecular formula is C16H30N2S. The van der Waals surface area contributed by atoms with Gasteiger partial charge < -0.3 is 5.32 Å². The van der Waals surface area contributed by atoms with Crippen molar-refractivity contribution in [1.82, 2.24) is 5.32 Å². The zero-order valence-corrected chi connectivity index (χ0v) is 13.9. The number of aliphatic imine (C=N–C) groups is 1. The Morgan fingerprint density at radius 3 is 2.47 bits per heavy atom. The SMILES string of the molecule is CCC(CC)C1CN=C(NC2CCC(C)(C)CC2)S1. The highest BCUT2D eigenvalue weighted by atomic mass is 32.2. The Labute approximate surface area is 123 Å². The molecule has 1 aliphatic heterocycles. The van der Waals surface area contributed by atoms with Gasteiger partial charge in [0, 0.05) is 11.3 Å². The number of nitrogens with one attached hydrogen (secondary N) is 1. The van der Waals surface area contributed by atoms with E-state index in [1.807, 2.05) is 11.8 Å². The maximum Gasteiger partial charge on any atom is 0.157 e. The number of hydrogen-bond donors (Lipinski definition) is 1. The molecule has 0 amide bonds. The van der Waals surface area contributed by atoms with Crippen molar-refractivity contribution >= 4 is 16.9 Å². The predicted octanol–water partition coefficient (Wildman–Crippen LogP) is 4.45. The molecule has 19 heavy (non-hydrogen) atoms. The predicted molar refractivity (Wildman–Crippen MR) is 86.9 cm³/mol. The Morgan fingerprint density at radius 2 is 1.89 bits per heavy atom. The maximum atomic E-state index is 4.73. The molecule has 0 spiro atoms. The van der Waals surface area contributed by atoms with Gasteiger partial charge >= 0.3 is 0 Å². The van der Waals surface area contributed by atoms with E-state index in [0.29, 0.717) is 11.5 Å². The lowest BCUT2D eigenvalue weighted by atomic mass is 9.76. The van der Waals surface area contributed by atoms with Gasteiger partial charge in [0.1, 0.15) is 0 Å². The first-order valence-corrected chi connectivity index (χ1v) is 8.89. The lowest BCUT2D eigenvalue weighted by Gasteiger charge is -2.35. The molecular weight excluding hydrogens is 252 g/mol. The molecule has 0 bridgehead atoms. The summed E-state index contributed by atoms with van der Waals surface area (Å²) in [6.07, 6.45) is 7.88. The number of amidine groups is 1. The molecule has 0 aromatic rings. The van der Waals surface area contributed by atoms with Crippen LogP contribution in [-0.2, 0) is 0 Å². The number of nitrogens with zero attached hydrogens (tertiary/aromatic N) is 1. The largest absolute Gasteiger partial charge is 0.362 e. The summed E-state index contributed by atoms with van der Waals surface area (Å²) in [5.41, 5.74) is 0.556. The van der Waals surface area contributed by atoms with Crippen molar-refractivity contribution in [3.63, 3.8) is 0 Å². The fourth-order valence-corrected chi connectivity index (χ4v) is 4.65. The first-order chi connectivity index (χ1) is 9.04. The molecule has 0 saturated heterocycles. The summed E-state index contributed by atoms with van der Waals surface area (Å²) in [6.45, 7) is 10.4. The molecule has 1 fully saturated rings. The van der Waals surface area contributed by atoms with Crippen LogP contribution in [0.2, 0.25) is 0 Å². The van der Waals surface area contributed by atoms with E-state index in [1.165, 1.54) is 43.7 Å². The number of hydrogen-bond acceptors (Lipinski definition) is 3. The third-order valence-electron chi connectivity index (χ3n) is 4.92. The highest BCUT2D eigenvalue weighted by Gasteiger charge is 2.30. The quantitative estimate of drug-likeness (QED) is 0.823. The fraction of sp³-hybridized carbons (Fsp3) is 0.938. The van der Waals surface area contributed by atoms with E-state index < -0.39 is 0 Å². The second-order valence-corrected chi connectivity index (χ2v) is 8.19. The molecule has 1 saturated carbocycles. The van der Waals surface area contributed by atoms with E-state index in [0.717, 1.165) is 17.7 Å². The van der Waals surface area contributed by atoms with Crippen LogP contribution in [0.15, 0.2) is 4.99 Å². The summed E-state index contributed by atoms with van der Waals surface area (Å²) >= 11 is 2.00. The zero-order valence-electron chi connectivity index (χ0n) is 13.0. The van der Waals surface area contributed by atoms with Gasteiger partial charge in [0.2, 0.25) is 0 Å². The highest BCUT2D eigenvalue weighted by Crippen LogP contribution is 2.36. The van der Waals surface area contributed by atoms with Crippen LogP contribution in [0.5, 0.6) is 0 Å². The van der Waals surface area contributed by atoms with Gasteiger partial charge in [0.25, 0.3) is 0 Å². The van der Waals surface area contributed by atoms with Gasteiger partial charge in [-0.05, 0) is 37.0 Å². The molecule has 2 rings (SSSR count). The first-order valence-electron chi connectivity index (χ1n) is 8.01. The lowest BCUT2D eigenvalue weighted by Crippen LogP contribution is -2.37. The van der Waals surface area contributed by atoms with Crippen LogP contribution in [0.25, 0.3) is 0 Å². The Bertz CT molecular complexity index is 311. The van der Waals surface area contributed by atoms with Crippen LogP contribution in [0.4, 0.5) is 0 Å². The summed E-state index contributed by atoms with van der Waals surface area (Å²) in [5, 5.41) is 5.65.